The molecule has 1 aliphatic rings. The molecular formula is C60H38N4O2. The maximum absolute atomic E-state index is 7.42. The smallest absolute Gasteiger partial charge is 0.164 e. The van der Waals surface area contributed by atoms with Gasteiger partial charge in [0, 0.05) is 60.0 Å². The van der Waals surface area contributed by atoms with E-state index in [-0.39, 0.29) is 5.41 Å². The van der Waals surface area contributed by atoms with E-state index in [0.717, 1.165) is 88.4 Å². The van der Waals surface area contributed by atoms with Crippen molar-refractivity contribution in [3.63, 3.8) is 0 Å². The van der Waals surface area contributed by atoms with Gasteiger partial charge in [-0.05, 0) is 82.4 Å². The Morgan fingerprint density at radius 3 is 1.82 bits per heavy atom. The van der Waals surface area contributed by atoms with Crippen molar-refractivity contribution >= 4 is 65.7 Å². The molecule has 14 rings (SSSR count). The predicted octanol–water partition coefficient (Wildman–Crippen LogP) is 15.7. The van der Waals surface area contributed by atoms with Crippen LogP contribution in [0.15, 0.2) is 203 Å². The molecule has 4 aromatic heterocycles. The minimum Gasteiger partial charge on any atom is -0.456 e. The molecule has 0 unspecified atom stereocenters. The molecule has 6 nitrogen and oxygen atoms in total. The van der Waals surface area contributed by atoms with Gasteiger partial charge in [-0.3, -0.25) is 0 Å². The Labute approximate surface area is 379 Å². The Bertz CT molecular complexity index is 4080. The molecule has 0 radical (unpaired) electrons. The topological polar surface area (TPSA) is 69.9 Å². The van der Waals surface area contributed by atoms with Crippen molar-refractivity contribution in [2.45, 2.75) is 19.3 Å². The fraction of sp³-hybridized carbons (Fsp3) is 0.0500. The van der Waals surface area contributed by atoms with Gasteiger partial charge in [0.05, 0.1) is 16.7 Å². The van der Waals surface area contributed by atoms with E-state index in [4.69, 9.17) is 23.8 Å². The number of para-hydroxylation sites is 3. The molecule has 0 spiro atoms. The van der Waals surface area contributed by atoms with E-state index in [9.17, 15) is 0 Å². The van der Waals surface area contributed by atoms with E-state index < -0.39 is 0 Å². The van der Waals surface area contributed by atoms with E-state index in [1.54, 1.807) is 0 Å². The second-order valence-electron chi connectivity index (χ2n) is 17.9. The molecule has 0 atom stereocenters. The number of hydrogen-bond acceptors (Lipinski definition) is 5. The lowest BCUT2D eigenvalue weighted by Crippen LogP contribution is -2.14. The number of benzene rings is 9. The highest BCUT2D eigenvalue weighted by atomic mass is 16.3. The molecule has 310 valence electrons. The summed E-state index contributed by atoms with van der Waals surface area (Å²) in [7, 11) is 0. The largest absolute Gasteiger partial charge is 0.456 e. The number of nitrogens with zero attached hydrogens (tertiary/aromatic N) is 4. The lowest BCUT2D eigenvalue weighted by atomic mass is 9.82. The molecule has 0 saturated carbocycles. The zero-order valence-electron chi connectivity index (χ0n) is 36.1. The van der Waals surface area contributed by atoms with Crippen molar-refractivity contribution in [2.24, 2.45) is 0 Å². The van der Waals surface area contributed by atoms with Crippen LogP contribution in [0.3, 0.4) is 0 Å². The van der Waals surface area contributed by atoms with E-state index in [2.05, 4.69) is 140 Å². The third kappa shape index (κ3) is 5.27. The van der Waals surface area contributed by atoms with E-state index in [0.29, 0.717) is 17.5 Å². The van der Waals surface area contributed by atoms with Crippen LogP contribution in [0.2, 0.25) is 0 Å². The van der Waals surface area contributed by atoms with Crippen molar-refractivity contribution in [1.82, 2.24) is 19.5 Å². The van der Waals surface area contributed by atoms with Gasteiger partial charge in [-0.25, -0.2) is 15.0 Å². The van der Waals surface area contributed by atoms with Crippen molar-refractivity contribution in [1.29, 1.82) is 0 Å². The van der Waals surface area contributed by atoms with Crippen LogP contribution < -0.4 is 0 Å². The van der Waals surface area contributed by atoms with Crippen LogP contribution in [0.25, 0.3) is 128 Å². The fourth-order valence-corrected chi connectivity index (χ4v) is 10.7. The number of rotatable bonds is 5. The molecule has 9 aromatic carbocycles. The second kappa shape index (κ2) is 13.7. The van der Waals surface area contributed by atoms with Gasteiger partial charge in [0.2, 0.25) is 0 Å². The van der Waals surface area contributed by atoms with Gasteiger partial charge in [-0.2, -0.15) is 0 Å². The summed E-state index contributed by atoms with van der Waals surface area (Å²) in [6.45, 7) is 4.69. The third-order valence-electron chi connectivity index (χ3n) is 13.9. The first-order chi connectivity index (χ1) is 32.5. The van der Waals surface area contributed by atoms with Crippen molar-refractivity contribution in [3.8, 4) is 62.1 Å². The average Bonchev–Trinajstić information content (AvgIpc) is 4.10. The second-order valence-corrected chi connectivity index (χ2v) is 17.9. The first-order valence-corrected chi connectivity index (χ1v) is 22.4. The normalized spacial score (nSPS) is 13.1. The van der Waals surface area contributed by atoms with E-state index in [1.165, 1.54) is 33.0 Å². The van der Waals surface area contributed by atoms with Crippen molar-refractivity contribution in [2.75, 3.05) is 0 Å². The number of furan rings is 2. The fourth-order valence-electron chi connectivity index (χ4n) is 10.7. The highest BCUT2D eigenvalue weighted by Crippen LogP contribution is 2.52. The first-order valence-electron chi connectivity index (χ1n) is 22.4. The summed E-state index contributed by atoms with van der Waals surface area (Å²) in [6, 6.07) is 68.1. The molecule has 0 saturated heterocycles. The molecule has 0 bridgehead atoms. The lowest BCUT2D eigenvalue weighted by molar-refractivity contribution is 0.660. The minimum atomic E-state index is -0.158. The molecule has 6 heteroatoms. The van der Waals surface area contributed by atoms with Gasteiger partial charge in [0.25, 0.3) is 0 Å². The highest BCUT2D eigenvalue weighted by molar-refractivity contribution is 6.17. The predicted molar refractivity (Wildman–Crippen MR) is 268 cm³/mol. The Morgan fingerprint density at radius 1 is 0.379 bits per heavy atom. The Morgan fingerprint density at radius 2 is 1.02 bits per heavy atom. The molecule has 0 N–H and O–H groups in total. The van der Waals surface area contributed by atoms with E-state index >= 15 is 0 Å². The van der Waals surface area contributed by atoms with Crippen LogP contribution in [-0.4, -0.2) is 19.5 Å². The molecule has 0 aliphatic heterocycles. The third-order valence-corrected chi connectivity index (χ3v) is 13.9. The number of fused-ring (bicyclic) bond motifs is 12. The zero-order chi connectivity index (χ0) is 43.7. The van der Waals surface area contributed by atoms with Crippen LogP contribution in [-0.2, 0) is 5.41 Å². The number of hydrogen-bond donors (Lipinski definition) is 0. The van der Waals surface area contributed by atoms with Gasteiger partial charge < -0.3 is 13.4 Å². The highest BCUT2D eigenvalue weighted by Gasteiger charge is 2.36. The van der Waals surface area contributed by atoms with Crippen LogP contribution in [0, 0.1) is 0 Å². The van der Waals surface area contributed by atoms with Crippen LogP contribution in [0.1, 0.15) is 25.0 Å². The monoisotopic (exact) mass is 846 g/mol. The Kier molecular flexibility index (Phi) is 7.64. The zero-order valence-corrected chi connectivity index (χ0v) is 36.1. The lowest BCUT2D eigenvalue weighted by Gasteiger charge is -2.21. The summed E-state index contributed by atoms with van der Waals surface area (Å²) in [5.74, 6) is 1.73. The van der Waals surface area contributed by atoms with Crippen LogP contribution in [0.5, 0.6) is 0 Å². The summed E-state index contributed by atoms with van der Waals surface area (Å²) >= 11 is 0. The first kappa shape index (κ1) is 36.8. The van der Waals surface area contributed by atoms with Crippen LogP contribution >= 0.6 is 0 Å². The molecule has 4 heterocycles. The summed E-state index contributed by atoms with van der Waals surface area (Å²) in [4.78, 5) is 15.5. The molecule has 1 aliphatic carbocycles. The number of aromatic nitrogens is 4. The van der Waals surface area contributed by atoms with Crippen molar-refractivity contribution < 1.29 is 8.83 Å². The van der Waals surface area contributed by atoms with Gasteiger partial charge in [0.1, 0.15) is 16.7 Å². The summed E-state index contributed by atoms with van der Waals surface area (Å²) in [6.07, 6.45) is 0. The SMILES string of the molecule is CC1(C)c2ccccc2-c2cc3c4ccccc4n(-c4cccc5c4oc4c(-c6ccc7c(c6)oc6ccccc67)c(-c6nc(-c7ccccc7)nc(-c7ccccc7)n6)ccc45)c3cc21. The van der Waals surface area contributed by atoms with Gasteiger partial charge >= 0.3 is 0 Å². The van der Waals surface area contributed by atoms with Gasteiger partial charge in [-0.1, -0.05) is 153 Å². The van der Waals surface area contributed by atoms with Crippen LogP contribution in [0.4, 0.5) is 0 Å². The Balaban J connectivity index is 1.06. The average molecular weight is 847 g/mol. The van der Waals surface area contributed by atoms with Gasteiger partial charge in [-0.15, -0.1) is 0 Å². The molecular weight excluding hydrogens is 809 g/mol. The minimum absolute atomic E-state index is 0.158. The molecule has 0 amide bonds. The maximum Gasteiger partial charge on any atom is 0.164 e. The Hall–Kier alpha value is -8.61. The standard InChI is InChI=1S/C60H38N4O2/c1-60(2)47-24-12-9-20-38(47)45-33-46-39-21-10-13-25-49(39)64(51(46)34-48(45)60)50-26-15-23-42-43-30-31-44(59-62-57(35-16-5-3-6-17-35)61-58(63-59)36-18-7-4-8-19-36)54(56(43)66-55(42)50)37-28-29-41-40-22-11-14-27-52(40)65-53(41)32-37/h3-34H,1-2H3. The van der Waals surface area contributed by atoms with Gasteiger partial charge in [0.15, 0.2) is 23.1 Å². The quantitative estimate of drug-likeness (QED) is 0.173. The molecule has 0 fully saturated rings. The molecule has 13 aromatic rings. The van der Waals surface area contributed by atoms with E-state index in [1.807, 2.05) is 72.8 Å². The summed E-state index contributed by atoms with van der Waals surface area (Å²) in [5, 5.41) is 6.56. The summed E-state index contributed by atoms with van der Waals surface area (Å²) in [5.41, 5.74) is 16.0. The van der Waals surface area contributed by atoms with Crippen molar-refractivity contribution in [3.05, 3.63) is 205 Å². The summed E-state index contributed by atoms with van der Waals surface area (Å²) < 4.78 is 16.3. The maximum atomic E-state index is 7.42. The molecule has 66 heavy (non-hydrogen) atoms.